The van der Waals surface area contributed by atoms with E-state index in [1.165, 1.54) is 6.08 Å². The molecular formula is C31H39N7O3+2. The zero-order valence-electron chi connectivity index (χ0n) is 24.5. The number of likely N-dealkylation sites (N-methyl/N-ethyl adjacent to an activating group) is 1. The number of carbonyl (C=O) groups excluding carboxylic acids is 2. The lowest BCUT2D eigenvalue weighted by molar-refractivity contribution is -0.131. The van der Waals surface area contributed by atoms with Gasteiger partial charge in [0.15, 0.2) is 0 Å². The number of aromatic nitrogens is 2. The van der Waals surface area contributed by atoms with E-state index in [-0.39, 0.29) is 22.5 Å². The maximum atomic E-state index is 12.5. The number of hydrogen-bond donors (Lipinski definition) is 1. The van der Waals surface area contributed by atoms with Crippen LogP contribution in [0.2, 0.25) is 0 Å². The van der Waals surface area contributed by atoms with Gasteiger partial charge >= 0.3 is 5.91 Å². The first-order valence-electron chi connectivity index (χ1n) is 13.8. The molecule has 1 unspecified atom stereocenters. The summed E-state index contributed by atoms with van der Waals surface area (Å²) in [4.78, 5) is 37.9. The Hall–Kier alpha value is -4.12. The van der Waals surface area contributed by atoms with Gasteiger partial charge in [-0.05, 0) is 31.2 Å². The topological polar surface area (TPSA) is 87.7 Å². The van der Waals surface area contributed by atoms with Gasteiger partial charge in [-0.15, -0.1) is 0 Å². The highest BCUT2D eigenvalue weighted by Gasteiger charge is 2.50. The van der Waals surface area contributed by atoms with Crippen molar-refractivity contribution in [2.24, 2.45) is 0 Å². The molecule has 2 aliphatic rings. The maximum Gasteiger partial charge on any atom is 0.342 e. The van der Waals surface area contributed by atoms with Crippen LogP contribution in [-0.2, 0) is 14.3 Å². The number of methoxy groups -OCH3 is 1. The SMILES string of the molecule is C=CC(=O)[N+](C)(C)c1cccc([N+]2(c3nc(Nc4ccc(N5CCN(C(C)=O)CC5OC)cc4)ncc3C)CC2)c1. The van der Waals surface area contributed by atoms with Crippen LogP contribution in [0.15, 0.2) is 67.4 Å². The number of quaternary nitrogens is 2. The first-order valence-corrected chi connectivity index (χ1v) is 13.8. The van der Waals surface area contributed by atoms with Crippen LogP contribution in [0.1, 0.15) is 12.5 Å². The lowest BCUT2D eigenvalue weighted by atomic mass is 10.2. The van der Waals surface area contributed by atoms with Crippen molar-refractivity contribution in [2.45, 2.75) is 20.1 Å². The Kier molecular flexibility index (Phi) is 7.65. The van der Waals surface area contributed by atoms with Crippen molar-refractivity contribution < 1.29 is 14.3 Å². The van der Waals surface area contributed by atoms with Gasteiger partial charge < -0.3 is 19.9 Å². The molecule has 2 saturated heterocycles. The molecule has 5 rings (SSSR count). The van der Waals surface area contributed by atoms with E-state index in [1.54, 1.807) is 14.0 Å². The summed E-state index contributed by atoms with van der Waals surface area (Å²) in [5.41, 5.74) is 4.92. The van der Waals surface area contributed by atoms with E-state index < -0.39 is 0 Å². The highest BCUT2D eigenvalue weighted by atomic mass is 16.5. The predicted octanol–water partition coefficient (Wildman–Crippen LogP) is 4.10. The molecule has 41 heavy (non-hydrogen) atoms. The highest BCUT2D eigenvalue weighted by Crippen LogP contribution is 2.44. The van der Waals surface area contributed by atoms with Crippen molar-refractivity contribution in [3.05, 3.63) is 72.9 Å². The van der Waals surface area contributed by atoms with Gasteiger partial charge in [0.1, 0.15) is 30.7 Å². The maximum absolute atomic E-state index is 12.5. The Labute approximate surface area is 241 Å². The highest BCUT2D eigenvalue weighted by molar-refractivity contribution is 5.96. The third-order valence-corrected chi connectivity index (χ3v) is 8.22. The molecule has 0 spiro atoms. The third-order valence-electron chi connectivity index (χ3n) is 8.22. The molecule has 0 saturated carbocycles. The van der Waals surface area contributed by atoms with Gasteiger partial charge in [0, 0.05) is 68.5 Å². The summed E-state index contributed by atoms with van der Waals surface area (Å²) < 4.78 is 6.39. The van der Waals surface area contributed by atoms with Crippen LogP contribution in [-0.4, -0.2) is 86.8 Å². The lowest BCUT2D eigenvalue weighted by Crippen LogP contribution is -2.55. The van der Waals surface area contributed by atoms with E-state index in [0.717, 1.165) is 47.2 Å². The number of amides is 2. The average molecular weight is 558 g/mol. The number of nitrogens with one attached hydrogen (secondary N) is 1. The summed E-state index contributed by atoms with van der Waals surface area (Å²) in [7, 11) is 5.42. The molecule has 3 heterocycles. The van der Waals surface area contributed by atoms with Gasteiger partial charge in [-0.3, -0.25) is 4.79 Å². The van der Waals surface area contributed by atoms with E-state index in [9.17, 15) is 9.59 Å². The van der Waals surface area contributed by atoms with E-state index in [1.807, 2.05) is 68.5 Å². The minimum atomic E-state index is -0.195. The Balaban J connectivity index is 1.36. The van der Waals surface area contributed by atoms with Crippen LogP contribution >= 0.6 is 0 Å². The second-order valence-corrected chi connectivity index (χ2v) is 11.2. The normalized spacial score (nSPS) is 18.1. The van der Waals surface area contributed by atoms with Gasteiger partial charge in [0.25, 0.3) is 0 Å². The lowest BCUT2D eigenvalue weighted by Gasteiger charge is -2.41. The van der Waals surface area contributed by atoms with Crippen molar-refractivity contribution in [2.75, 3.05) is 64.1 Å². The van der Waals surface area contributed by atoms with Gasteiger partial charge in [-0.25, -0.2) is 18.7 Å². The molecule has 10 nitrogen and oxygen atoms in total. The number of nitrogens with zero attached hydrogens (tertiary/aromatic N) is 6. The zero-order chi connectivity index (χ0) is 29.4. The summed E-state index contributed by atoms with van der Waals surface area (Å²) in [6.07, 6.45) is 3.04. The molecular weight excluding hydrogens is 518 g/mol. The van der Waals surface area contributed by atoms with Crippen LogP contribution in [0.4, 0.5) is 34.5 Å². The van der Waals surface area contributed by atoms with Crippen molar-refractivity contribution in [3.63, 3.8) is 0 Å². The third kappa shape index (κ3) is 5.46. The fraction of sp³-hybridized carbons (Fsp3) is 0.355. The number of hydrogen-bond acceptors (Lipinski definition) is 7. The Bertz CT molecular complexity index is 1470. The number of benzene rings is 2. The number of rotatable bonds is 8. The molecule has 1 N–H and O–H groups in total. The average Bonchev–Trinajstić information content (AvgIpc) is 3.80. The number of anilines is 3. The first kappa shape index (κ1) is 28.4. The minimum absolute atomic E-state index is 0.0636. The molecule has 0 radical (unpaired) electrons. The largest absolute Gasteiger partial charge is 0.360 e. The van der Waals surface area contributed by atoms with Crippen LogP contribution < -0.4 is 19.2 Å². The molecule has 214 valence electrons. The molecule has 2 aromatic carbocycles. The fourth-order valence-electron chi connectivity index (χ4n) is 5.48. The predicted molar refractivity (Wildman–Crippen MR) is 163 cm³/mol. The standard InChI is InChI=1S/C31H39N7O3/c1-7-29(40)37(4,5)26-9-8-10-27(19-26)38(17-18-38)30-22(2)20-32-31(34-30)33-24-11-13-25(14-12-24)36-16-15-35(23(3)39)21-28(36)41-6/h7-14,19-20,28H,1,15-18,21H2,2-6H3,(H,32,33,34)/q+2. The summed E-state index contributed by atoms with van der Waals surface area (Å²) in [5, 5.41) is 3.36. The second kappa shape index (κ2) is 11.0. The van der Waals surface area contributed by atoms with Gasteiger partial charge in [0.05, 0.1) is 26.7 Å². The molecule has 2 aliphatic heterocycles. The van der Waals surface area contributed by atoms with Gasteiger partial charge in [-0.1, -0.05) is 12.6 Å². The Morgan fingerprint density at radius 3 is 2.51 bits per heavy atom. The summed E-state index contributed by atoms with van der Waals surface area (Å²) >= 11 is 0. The molecule has 2 fully saturated rings. The molecule has 0 bridgehead atoms. The zero-order valence-corrected chi connectivity index (χ0v) is 24.5. The molecule has 1 atom stereocenters. The molecule has 2 amide bonds. The minimum Gasteiger partial charge on any atom is -0.360 e. The van der Waals surface area contributed by atoms with E-state index in [4.69, 9.17) is 9.72 Å². The molecule has 1 aromatic heterocycles. The molecule has 3 aromatic rings. The number of aryl methyl sites for hydroxylation is 1. The first-order chi connectivity index (χ1) is 19.6. The smallest absolute Gasteiger partial charge is 0.342 e. The van der Waals surface area contributed by atoms with Crippen molar-refractivity contribution in [3.8, 4) is 0 Å². The summed E-state index contributed by atoms with van der Waals surface area (Å²) in [6, 6.07) is 16.3. The van der Waals surface area contributed by atoms with Crippen molar-refractivity contribution in [1.82, 2.24) is 23.8 Å². The number of piperazine rings is 1. The second-order valence-electron chi connectivity index (χ2n) is 11.2. The van der Waals surface area contributed by atoms with Crippen LogP contribution in [0.5, 0.6) is 0 Å². The van der Waals surface area contributed by atoms with Gasteiger partial charge in [-0.2, -0.15) is 4.98 Å². The Morgan fingerprint density at radius 1 is 1.15 bits per heavy atom. The van der Waals surface area contributed by atoms with Gasteiger partial charge in [0.2, 0.25) is 17.7 Å². The number of ether oxygens (including phenoxy) is 1. The quantitative estimate of drug-likeness (QED) is 0.254. The van der Waals surface area contributed by atoms with Crippen LogP contribution in [0.3, 0.4) is 0 Å². The van der Waals surface area contributed by atoms with Crippen LogP contribution in [0.25, 0.3) is 0 Å². The number of carbonyl (C=O) groups is 2. The van der Waals surface area contributed by atoms with E-state index in [2.05, 4.69) is 33.9 Å². The Morgan fingerprint density at radius 2 is 1.88 bits per heavy atom. The monoisotopic (exact) mass is 557 g/mol. The van der Waals surface area contributed by atoms with E-state index in [0.29, 0.717) is 30.1 Å². The summed E-state index contributed by atoms with van der Waals surface area (Å²) in [6.45, 7) is 11.1. The molecule has 10 heteroatoms. The summed E-state index contributed by atoms with van der Waals surface area (Å²) in [5.74, 6) is 1.48. The molecule has 0 aliphatic carbocycles. The fourth-order valence-corrected chi connectivity index (χ4v) is 5.48. The van der Waals surface area contributed by atoms with Crippen molar-refractivity contribution in [1.29, 1.82) is 0 Å². The van der Waals surface area contributed by atoms with E-state index >= 15 is 0 Å². The van der Waals surface area contributed by atoms with Crippen LogP contribution in [0, 0.1) is 6.92 Å². The van der Waals surface area contributed by atoms with Crippen molar-refractivity contribution >= 4 is 46.3 Å².